The van der Waals surface area contributed by atoms with Crippen LogP contribution in [-0.4, -0.2) is 62.7 Å². The van der Waals surface area contributed by atoms with Gasteiger partial charge in [0.25, 0.3) is 0 Å². The first-order chi connectivity index (χ1) is 8.11. The lowest BCUT2D eigenvalue weighted by atomic mass is 9.96. The standard InChI is InChI=1S/C14H31N3/c1-5-15-13(2)6-9-17(4)12-14-7-10-16(3)11-8-14/h13-15H,5-12H2,1-4H3. The summed E-state index contributed by atoms with van der Waals surface area (Å²) in [4.78, 5) is 4.97. The molecule has 1 unspecified atom stereocenters. The van der Waals surface area contributed by atoms with Gasteiger partial charge in [-0.3, -0.25) is 0 Å². The highest BCUT2D eigenvalue weighted by atomic mass is 15.1. The van der Waals surface area contributed by atoms with E-state index in [1.165, 1.54) is 45.4 Å². The summed E-state index contributed by atoms with van der Waals surface area (Å²) in [6.07, 6.45) is 4.02. The number of hydrogen-bond acceptors (Lipinski definition) is 3. The van der Waals surface area contributed by atoms with Crippen molar-refractivity contribution >= 4 is 0 Å². The third kappa shape index (κ3) is 6.39. The van der Waals surface area contributed by atoms with Crippen LogP contribution in [0, 0.1) is 5.92 Å². The number of likely N-dealkylation sites (tertiary alicyclic amines) is 1. The average Bonchev–Trinajstić information content (AvgIpc) is 2.30. The molecular formula is C14H31N3. The Hall–Kier alpha value is -0.120. The minimum Gasteiger partial charge on any atom is -0.314 e. The molecule has 1 rings (SSSR count). The summed E-state index contributed by atoms with van der Waals surface area (Å²) >= 11 is 0. The van der Waals surface area contributed by atoms with Crippen LogP contribution in [0.5, 0.6) is 0 Å². The highest BCUT2D eigenvalue weighted by Gasteiger charge is 2.18. The monoisotopic (exact) mass is 241 g/mol. The fraction of sp³-hybridized carbons (Fsp3) is 1.00. The number of hydrogen-bond donors (Lipinski definition) is 1. The number of nitrogens with one attached hydrogen (secondary N) is 1. The zero-order valence-electron chi connectivity index (χ0n) is 12.2. The first kappa shape index (κ1) is 14.9. The van der Waals surface area contributed by atoms with E-state index in [0.29, 0.717) is 6.04 Å². The Kier molecular flexibility index (Phi) is 7.09. The molecular weight excluding hydrogens is 210 g/mol. The molecule has 1 aliphatic heterocycles. The molecule has 1 fully saturated rings. The van der Waals surface area contributed by atoms with Gasteiger partial charge in [-0.2, -0.15) is 0 Å². The summed E-state index contributed by atoms with van der Waals surface area (Å²) in [7, 11) is 4.51. The van der Waals surface area contributed by atoms with Gasteiger partial charge in [-0.05, 0) is 72.4 Å². The topological polar surface area (TPSA) is 18.5 Å². The molecule has 1 N–H and O–H groups in total. The van der Waals surface area contributed by atoms with Gasteiger partial charge in [-0.1, -0.05) is 6.92 Å². The largest absolute Gasteiger partial charge is 0.314 e. The quantitative estimate of drug-likeness (QED) is 0.731. The molecule has 0 aromatic heterocycles. The predicted octanol–water partition coefficient (Wildman–Crippen LogP) is 1.65. The van der Waals surface area contributed by atoms with E-state index < -0.39 is 0 Å². The van der Waals surface area contributed by atoms with Crippen molar-refractivity contribution in [2.24, 2.45) is 5.92 Å². The number of rotatable bonds is 7. The molecule has 0 bridgehead atoms. The highest BCUT2D eigenvalue weighted by Crippen LogP contribution is 2.16. The van der Waals surface area contributed by atoms with Crippen LogP contribution in [0.4, 0.5) is 0 Å². The van der Waals surface area contributed by atoms with Crippen LogP contribution in [0.15, 0.2) is 0 Å². The fourth-order valence-corrected chi connectivity index (χ4v) is 2.64. The maximum atomic E-state index is 3.48. The van der Waals surface area contributed by atoms with Gasteiger partial charge in [0, 0.05) is 12.6 Å². The zero-order valence-corrected chi connectivity index (χ0v) is 12.2. The Labute approximate surface area is 108 Å². The number of nitrogens with zero attached hydrogens (tertiary/aromatic N) is 2. The van der Waals surface area contributed by atoms with Crippen LogP contribution < -0.4 is 5.32 Å². The van der Waals surface area contributed by atoms with Crippen molar-refractivity contribution in [3.8, 4) is 0 Å². The second-order valence-electron chi connectivity index (χ2n) is 5.76. The second kappa shape index (κ2) is 8.06. The van der Waals surface area contributed by atoms with E-state index in [2.05, 4.69) is 43.1 Å². The van der Waals surface area contributed by atoms with Crippen molar-refractivity contribution in [1.29, 1.82) is 0 Å². The van der Waals surface area contributed by atoms with Crippen molar-refractivity contribution in [1.82, 2.24) is 15.1 Å². The molecule has 0 aliphatic carbocycles. The second-order valence-corrected chi connectivity index (χ2v) is 5.76. The van der Waals surface area contributed by atoms with E-state index in [1.54, 1.807) is 0 Å². The van der Waals surface area contributed by atoms with Crippen LogP contribution in [0.25, 0.3) is 0 Å². The van der Waals surface area contributed by atoms with Crippen LogP contribution in [-0.2, 0) is 0 Å². The average molecular weight is 241 g/mol. The van der Waals surface area contributed by atoms with Gasteiger partial charge in [0.15, 0.2) is 0 Å². The molecule has 1 saturated heterocycles. The third-order valence-corrected chi connectivity index (χ3v) is 3.90. The zero-order chi connectivity index (χ0) is 12.7. The van der Waals surface area contributed by atoms with E-state index >= 15 is 0 Å². The molecule has 102 valence electrons. The maximum absolute atomic E-state index is 3.48. The molecule has 3 nitrogen and oxygen atoms in total. The lowest BCUT2D eigenvalue weighted by Crippen LogP contribution is -2.37. The Morgan fingerprint density at radius 2 is 2.00 bits per heavy atom. The first-order valence-electron chi connectivity index (χ1n) is 7.22. The molecule has 0 saturated carbocycles. The van der Waals surface area contributed by atoms with E-state index in [-0.39, 0.29) is 0 Å². The van der Waals surface area contributed by atoms with Crippen LogP contribution >= 0.6 is 0 Å². The van der Waals surface area contributed by atoms with E-state index in [4.69, 9.17) is 0 Å². The van der Waals surface area contributed by atoms with Gasteiger partial charge in [0.1, 0.15) is 0 Å². The lowest BCUT2D eigenvalue weighted by molar-refractivity contribution is 0.173. The minimum absolute atomic E-state index is 0.653. The maximum Gasteiger partial charge on any atom is 0.00507 e. The molecule has 0 aromatic rings. The molecule has 17 heavy (non-hydrogen) atoms. The smallest absolute Gasteiger partial charge is 0.00507 e. The van der Waals surface area contributed by atoms with Crippen molar-refractivity contribution in [3.63, 3.8) is 0 Å². The molecule has 0 spiro atoms. The van der Waals surface area contributed by atoms with E-state index in [0.717, 1.165) is 12.5 Å². The summed E-state index contributed by atoms with van der Waals surface area (Å²) in [5, 5.41) is 3.48. The van der Waals surface area contributed by atoms with Gasteiger partial charge in [0.05, 0.1) is 0 Å². The summed E-state index contributed by atoms with van der Waals surface area (Å²) < 4.78 is 0. The molecule has 0 radical (unpaired) electrons. The molecule has 1 atom stereocenters. The summed E-state index contributed by atoms with van der Waals surface area (Å²) in [6.45, 7) is 10.6. The minimum atomic E-state index is 0.653. The Morgan fingerprint density at radius 1 is 1.35 bits per heavy atom. The normalized spacial score (nSPS) is 21.0. The predicted molar refractivity (Wildman–Crippen MR) is 75.5 cm³/mol. The van der Waals surface area contributed by atoms with E-state index in [9.17, 15) is 0 Å². The molecule has 1 aliphatic rings. The van der Waals surface area contributed by atoms with Crippen molar-refractivity contribution in [2.75, 3.05) is 46.8 Å². The SMILES string of the molecule is CCNC(C)CCN(C)CC1CCN(C)CC1. The Balaban J connectivity index is 2.10. The summed E-state index contributed by atoms with van der Waals surface area (Å²) in [6, 6.07) is 0.653. The number of piperidine rings is 1. The van der Waals surface area contributed by atoms with Gasteiger partial charge in [0.2, 0.25) is 0 Å². The van der Waals surface area contributed by atoms with Crippen LogP contribution in [0.1, 0.15) is 33.1 Å². The van der Waals surface area contributed by atoms with Gasteiger partial charge in [-0.25, -0.2) is 0 Å². The van der Waals surface area contributed by atoms with E-state index in [1.807, 2.05) is 0 Å². The van der Waals surface area contributed by atoms with Crippen molar-refractivity contribution in [3.05, 3.63) is 0 Å². The Bertz CT molecular complexity index is 188. The van der Waals surface area contributed by atoms with Gasteiger partial charge < -0.3 is 15.1 Å². The summed E-state index contributed by atoms with van der Waals surface area (Å²) in [5.41, 5.74) is 0. The fourth-order valence-electron chi connectivity index (χ4n) is 2.64. The molecule has 1 heterocycles. The van der Waals surface area contributed by atoms with Crippen LogP contribution in [0.3, 0.4) is 0 Å². The van der Waals surface area contributed by atoms with Crippen molar-refractivity contribution < 1.29 is 0 Å². The first-order valence-corrected chi connectivity index (χ1v) is 7.22. The van der Waals surface area contributed by atoms with Crippen molar-refractivity contribution in [2.45, 2.75) is 39.2 Å². The molecule has 3 heteroatoms. The van der Waals surface area contributed by atoms with Gasteiger partial charge in [-0.15, -0.1) is 0 Å². The highest BCUT2D eigenvalue weighted by molar-refractivity contribution is 4.73. The van der Waals surface area contributed by atoms with Gasteiger partial charge >= 0.3 is 0 Å². The third-order valence-electron chi connectivity index (χ3n) is 3.90. The Morgan fingerprint density at radius 3 is 2.59 bits per heavy atom. The molecule has 0 amide bonds. The summed E-state index contributed by atoms with van der Waals surface area (Å²) in [5.74, 6) is 0.922. The van der Waals surface area contributed by atoms with Crippen LogP contribution in [0.2, 0.25) is 0 Å². The lowest BCUT2D eigenvalue weighted by Gasteiger charge is -2.32. The molecule has 0 aromatic carbocycles.